The van der Waals surface area contributed by atoms with Crippen molar-refractivity contribution >= 4 is 12.9 Å². The third-order valence-electron chi connectivity index (χ3n) is 0.853. The van der Waals surface area contributed by atoms with E-state index in [1.165, 1.54) is 12.4 Å². The van der Waals surface area contributed by atoms with Crippen LogP contribution in [-0.4, -0.2) is 0 Å². The number of hydrogen-bond acceptors (Lipinski definition) is 3. The molecule has 0 radical (unpaired) electrons. The van der Waals surface area contributed by atoms with Crippen molar-refractivity contribution in [3.05, 3.63) is 29.7 Å². The molecular formula is C5H5NO2S. The topological polar surface area (TPSA) is 36.2 Å². The van der Waals surface area contributed by atoms with Crippen LogP contribution in [0.3, 0.4) is 0 Å². The highest BCUT2D eigenvalue weighted by Crippen LogP contribution is 2.05. The number of pyridine rings is 1. The van der Waals surface area contributed by atoms with E-state index in [0.717, 1.165) is 0 Å². The summed E-state index contributed by atoms with van der Waals surface area (Å²) in [4.78, 5) is 0. The summed E-state index contributed by atoms with van der Waals surface area (Å²) < 4.78 is 5.11. The van der Waals surface area contributed by atoms with Crippen LogP contribution in [0.25, 0.3) is 0 Å². The molecule has 48 valence electrons. The Morgan fingerprint density at radius 1 is 1.67 bits per heavy atom. The van der Waals surface area contributed by atoms with Crippen LogP contribution in [-0.2, 0) is 0 Å². The highest BCUT2D eigenvalue weighted by Gasteiger charge is 1.92. The fourth-order valence-electron chi connectivity index (χ4n) is 0.488. The van der Waals surface area contributed by atoms with Gasteiger partial charge in [-0.25, -0.2) is 0 Å². The molecule has 3 nitrogen and oxygen atoms in total. The average Bonchev–Trinajstić information content (AvgIpc) is 1.88. The maximum absolute atomic E-state index is 10.5. The Morgan fingerprint density at radius 2 is 2.44 bits per heavy atom. The van der Waals surface area contributed by atoms with Crippen molar-refractivity contribution in [2.75, 3.05) is 0 Å². The minimum atomic E-state index is 0.441. The Hall–Kier alpha value is -0.900. The number of aromatic nitrogens is 1. The van der Waals surface area contributed by atoms with Crippen molar-refractivity contribution in [2.45, 2.75) is 0 Å². The number of hydrogen-bond donors (Lipinski definition) is 1. The van der Waals surface area contributed by atoms with E-state index in [1.54, 1.807) is 12.1 Å². The maximum atomic E-state index is 10.5. The Balaban J connectivity index is 2.94. The molecule has 0 bridgehead atoms. The summed E-state index contributed by atoms with van der Waals surface area (Å²) in [5, 5.41) is 10.5. The first-order chi connectivity index (χ1) is 4.33. The van der Waals surface area contributed by atoms with Crippen LogP contribution in [0.5, 0.6) is 5.75 Å². The summed E-state index contributed by atoms with van der Waals surface area (Å²) in [6.45, 7) is 0. The SMILES string of the molecule is [O-][n+]1cccc(OS)c1. The summed E-state index contributed by atoms with van der Waals surface area (Å²) in [6.07, 6.45) is 2.66. The van der Waals surface area contributed by atoms with Crippen LogP contribution in [0, 0.1) is 5.21 Å². The van der Waals surface area contributed by atoms with Gasteiger partial charge < -0.3 is 9.39 Å². The predicted octanol–water partition coefficient (Wildman–Crippen LogP) is 0.544. The molecule has 0 aromatic carbocycles. The van der Waals surface area contributed by atoms with Gasteiger partial charge in [0.05, 0.1) is 0 Å². The van der Waals surface area contributed by atoms with E-state index in [1.807, 2.05) is 0 Å². The third-order valence-corrected chi connectivity index (χ3v) is 1.06. The molecule has 0 aliphatic carbocycles. The van der Waals surface area contributed by atoms with Gasteiger partial charge in [0.2, 0.25) is 11.9 Å². The second-order valence-electron chi connectivity index (χ2n) is 1.49. The zero-order valence-corrected chi connectivity index (χ0v) is 5.41. The second kappa shape index (κ2) is 2.59. The summed E-state index contributed by atoms with van der Waals surface area (Å²) in [6, 6.07) is 3.22. The standard InChI is InChI=1S/C5H5NO2S/c7-6-3-1-2-5(4-6)8-9/h1-4,9H. The van der Waals surface area contributed by atoms with Crippen LogP contribution >= 0.6 is 12.9 Å². The minimum Gasteiger partial charge on any atom is -0.619 e. The summed E-state index contributed by atoms with van der Waals surface area (Å²) in [7, 11) is 0. The van der Waals surface area contributed by atoms with E-state index in [9.17, 15) is 5.21 Å². The van der Waals surface area contributed by atoms with Crippen LogP contribution < -0.4 is 8.91 Å². The third kappa shape index (κ3) is 1.50. The highest BCUT2D eigenvalue weighted by atomic mass is 32.1. The molecule has 9 heavy (non-hydrogen) atoms. The molecule has 0 saturated heterocycles. The Labute approximate surface area is 58.1 Å². The molecule has 0 spiro atoms. The van der Waals surface area contributed by atoms with Crippen LogP contribution in [0.4, 0.5) is 0 Å². The van der Waals surface area contributed by atoms with Gasteiger partial charge in [-0.05, 0) is 6.07 Å². The highest BCUT2D eigenvalue weighted by molar-refractivity contribution is 7.75. The summed E-state index contributed by atoms with van der Waals surface area (Å²) in [5.41, 5.74) is 0. The van der Waals surface area contributed by atoms with Gasteiger partial charge >= 0.3 is 0 Å². The molecule has 0 amide bonds. The second-order valence-corrected chi connectivity index (χ2v) is 1.67. The molecule has 4 heteroatoms. The first kappa shape index (κ1) is 6.22. The van der Waals surface area contributed by atoms with E-state index < -0.39 is 0 Å². The molecule has 1 heterocycles. The predicted molar refractivity (Wildman–Crippen MR) is 35.0 cm³/mol. The fourth-order valence-corrected chi connectivity index (χ4v) is 0.596. The summed E-state index contributed by atoms with van der Waals surface area (Å²) >= 11 is 3.51. The maximum Gasteiger partial charge on any atom is 0.224 e. The lowest BCUT2D eigenvalue weighted by Gasteiger charge is -1.95. The molecule has 1 aromatic heterocycles. The fraction of sp³-hybridized carbons (Fsp3) is 0. The van der Waals surface area contributed by atoms with Crippen molar-refractivity contribution in [3.8, 4) is 5.75 Å². The summed E-state index contributed by atoms with van der Waals surface area (Å²) in [5.74, 6) is 0.441. The minimum absolute atomic E-state index is 0.441. The van der Waals surface area contributed by atoms with Crippen LogP contribution in [0.2, 0.25) is 0 Å². The molecule has 1 aromatic rings. The van der Waals surface area contributed by atoms with Gasteiger partial charge in [-0.2, -0.15) is 4.73 Å². The Morgan fingerprint density at radius 3 is 2.89 bits per heavy atom. The smallest absolute Gasteiger partial charge is 0.224 e. The van der Waals surface area contributed by atoms with Crippen molar-refractivity contribution in [1.82, 2.24) is 0 Å². The number of rotatable bonds is 1. The first-order valence-corrected chi connectivity index (χ1v) is 2.69. The molecule has 0 saturated carbocycles. The molecule has 0 fully saturated rings. The molecular weight excluding hydrogens is 138 g/mol. The van der Waals surface area contributed by atoms with Gasteiger partial charge in [-0.1, -0.05) is 0 Å². The Kier molecular flexibility index (Phi) is 1.79. The first-order valence-electron chi connectivity index (χ1n) is 2.33. The molecule has 0 unspecified atom stereocenters. The number of thiol groups is 1. The van der Waals surface area contributed by atoms with E-state index in [2.05, 4.69) is 17.1 Å². The number of nitrogens with zero attached hydrogens (tertiary/aromatic N) is 1. The normalized spacial score (nSPS) is 9.00. The molecule has 0 atom stereocenters. The zero-order chi connectivity index (χ0) is 6.69. The molecule has 1 rings (SSSR count). The van der Waals surface area contributed by atoms with Gasteiger partial charge in [-0.15, -0.1) is 0 Å². The van der Waals surface area contributed by atoms with Gasteiger partial charge in [0, 0.05) is 19.0 Å². The van der Waals surface area contributed by atoms with E-state index in [0.29, 0.717) is 10.5 Å². The molecule has 0 aliphatic heterocycles. The van der Waals surface area contributed by atoms with Gasteiger partial charge in [-0.3, -0.25) is 0 Å². The van der Waals surface area contributed by atoms with Crippen molar-refractivity contribution in [2.24, 2.45) is 0 Å². The lowest BCUT2D eigenvalue weighted by atomic mass is 10.5. The van der Waals surface area contributed by atoms with Gasteiger partial charge in [0.25, 0.3) is 0 Å². The monoisotopic (exact) mass is 143 g/mol. The van der Waals surface area contributed by atoms with Crippen LogP contribution in [0.1, 0.15) is 0 Å². The van der Waals surface area contributed by atoms with Crippen molar-refractivity contribution in [1.29, 1.82) is 0 Å². The largest absolute Gasteiger partial charge is 0.619 e. The van der Waals surface area contributed by atoms with Gasteiger partial charge in [0.1, 0.15) is 0 Å². The zero-order valence-electron chi connectivity index (χ0n) is 4.52. The quantitative estimate of drug-likeness (QED) is 0.269. The van der Waals surface area contributed by atoms with E-state index >= 15 is 0 Å². The van der Waals surface area contributed by atoms with Gasteiger partial charge in [0.15, 0.2) is 6.20 Å². The molecule has 0 aliphatic rings. The van der Waals surface area contributed by atoms with E-state index in [4.69, 9.17) is 0 Å². The van der Waals surface area contributed by atoms with E-state index in [-0.39, 0.29) is 0 Å². The average molecular weight is 143 g/mol. The lowest BCUT2D eigenvalue weighted by Crippen LogP contribution is -2.23. The van der Waals surface area contributed by atoms with Crippen molar-refractivity contribution in [3.63, 3.8) is 0 Å². The molecule has 0 N–H and O–H groups in total. The van der Waals surface area contributed by atoms with Crippen molar-refractivity contribution < 1.29 is 8.91 Å². The lowest BCUT2D eigenvalue weighted by molar-refractivity contribution is -0.605. The van der Waals surface area contributed by atoms with Crippen LogP contribution in [0.15, 0.2) is 24.5 Å². The Bertz CT molecular complexity index is 204.